The van der Waals surface area contributed by atoms with Crippen LogP contribution in [0, 0.1) is 6.92 Å². The topological polar surface area (TPSA) is 68.5 Å². The van der Waals surface area contributed by atoms with Crippen molar-refractivity contribution in [3.63, 3.8) is 0 Å². The minimum Gasteiger partial charge on any atom is -0.383 e. The number of amides is 1. The molecule has 1 amide bonds. The normalized spacial score (nSPS) is 13.7. The van der Waals surface area contributed by atoms with Gasteiger partial charge in [0.05, 0.1) is 23.4 Å². The molecule has 7 heteroatoms. The Morgan fingerprint density at radius 3 is 2.43 bits per heavy atom. The summed E-state index contributed by atoms with van der Waals surface area (Å²) in [5.41, 5.74) is 6.80. The number of rotatable bonds is 6. The van der Waals surface area contributed by atoms with Gasteiger partial charge in [-0.2, -0.15) is 0 Å². The van der Waals surface area contributed by atoms with E-state index in [-0.39, 0.29) is 31.0 Å². The fourth-order valence-electron chi connectivity index (χ4n) is 1.94. The van der Waals surface area contributed by atoms with E-state index >= 15 is 0 Å². The summed E-state index contributed by atoms with van der Waals surface area (Å²) in [6.07, 6.45) is 0. The Bertz CT molecular complexity index is 465. The van der Waals surface area contributed by atoms with E-state index in [9.17, 15) is 4.79 Å². The number of hydrogen-bond donors (Lipinski definition) is 1. The van der Waals surface area contributed by atoms with Crippen LogP contribution in [0.2, 0.25) is 0 Å². The molecule has 1 aromatic rings. The van der Waals surface area contributed by atoms with Gasteiger partial charge < -0.3 is 15.4 Å². The van der Waals surface area contributed by atoms with Gasteiger partial charge in [0.25, 0.3) is 0 Å². The van der Waals surface area contributed by atoms with Gasteiger partial charge in [0.15, 0.2) is 0 Å². The summed E-state index contributed by atoms with van der Waals surface area (Å²) in [4.78, 5) is 19.6. The first-order valence-electron chi connectivity index (χ1n) is 6.78. The molecule has 0 fully saturated rings. The average molecular weight is 336 g/mol. The Morgan fingerprint density at radius 1 is 1.43 bits per heavy atom. The van der Waals surface area contributed by atoms with E-state index in [0.29, 0.717) is 5.92 Å². The number of carbonyl (C=O) groups is 1. The van der Waals surface area contributed by atoms with Crippen molar-refractivity contribution in [2.75, 3.05) is 20.8 Å². The van der Waals surface area contributed by atoms with Crippen LogP contribution in [0.25, 0.3) is 0 Å². The fourth-order valence-corrected chi connectivity index (χ4v) is 3.11. The Kier molecular flexibility index (Phi) is 8.39. The van der Waals surface area contributed by atoms with E-state index in [4.69, 9.17) is 10.5 Å². The fraction of sp³-hybridized carbons (Fsp3) is 0.714. The van der Waals surface area contributed by atoms with Crippen LogP contribution in [0.4, 0.5) is 0 Å². The number of likely N-dealkylation sites (N-methyl/N-ethyl adjacent to an activating group) is 1. The molecule has 0 aliphatic carbocycles. The lowest BCUT2D eigenvalue weighted by Gasteiger charge is -2.27. The molecule has 0 aromatic carbocycles. The van der Waals surface area contributed by atoms with Gasteiger partial charge in [-0.3, -0.25) is 4.79 Å². The highest BCUT2D eigenvalue weighted by atomic mass is 35.5. The SMILES string of the molecule is COCC(N)C(=O)N(C)C(C)c1sc(C(C)C)nc1C.Cl. The Morgan fingerprint density at radius 2 is 2.00 bits per heavy atom. The third kappa shape index (κ3) is 4.92. The summed E-state index contributed by atoms with van der Waals surface area (Å²) >= 11 is 1.67. The number of halogens is 1. The van der Waals surface area contributed by atoms with Gasteiger partial charge in [-0.25, -0.2) is 4.98 Å². The quantitative estimate of drug-likeness (QED) is 0.867. The Labute approximate surface area is 137 Å². The molecule has 2 N–H and O–H groups in total. The highest BCUT2D eigenvalue weighted by Crippen LogP contribution is 2.31. The number of carbonyl (C=O) groups excluding carboxylic acids is 1. The van der Waals surface area contributed by atoms with Crippen molar-refractivity contribution < 1.29 is 9.53 Å². The second-order valence-electron chi connectivity index (χ2n) is 5.34. The van der Waals surface area contributed by atoms with Gasteiger partial charge in [0.1, 0.15) is 6.04 Å². The van der Waals surface area contributed by atoms with E-state index in [2.05, 4.69) is 18.8 Å². The van der Waals surface area contributed by atoms with E-state index in [0.717, 1.165) is 15.6 Å². The van der Waals surface area contributed by atoms with Crippen LogP contribution in [0.5, 0.6) is 0 Å². The summed E-state index contributed by atoms with van der Waals surface area (Å²) in [6.45, 7) is 8.46. The largest absolute Gasteiger partial charge is 0.383 e. The van der Waals surface area contributed by atoms with Crippen LogP contribution in [-0.2, 0) is 9.53 Å². The van der Waals surface area contributed by atoms with Crippen molar-refractivity contribution in [3.8, 4) is 0 Å². The van der Waals surface area contributed by atoms with Gasteiger partial charge in [0.2, 0.25) is 5.91 Å². The van der Waals surface area contributed by atoms with Crippen LogP contribution in [0.15, 0.2) is 0 Å². The van der Waals surface area contributed by atoms with Crippen molar-refractivity contribution in [2.24, 2.45) is 5.73 Å². The lowest BCUT2D eigenvalue weighted by molar-refractivity contribution is -0.134. The first-order chi connectivity index (χ1) is 9.29. The number of ether oxygens (including phenoxy) is 1. The molecule has 1 aromatic heterocycles. The highest BCUT2D eigenvalue weighted by Gasteiger charge is 2.26. The number of aromatic nitrogens is 1. The molecular weight excluding hydrogens is 310 g/mol. The molecule has 2 atom stereocenters. The van der Waals surface area contributed by atoms with Crippen molar-refractivity contribution in [1.82, 2.24) is 9.88 Å². The lowest BCUT2D eigenvalue weighted by Crippen LogP contribution is -2.45. The monoisotopic (exact) mass is 335 g/mol. The van der Waals surface area contributed by atoms with Gasteiger partial charge >= 0.3 is 0 Å². The molecule has 0 radical (unpaired) electrons. The van der Waals surface area contributed by atoms with Crippen LogP contribution >= 0.6 is 23.7 Å². The maximum Gasteiger partial charge on any atom is 0.242 e. The van der Waals surface area contributed by atoms with E-state index in [1.807, 2.05) is 13.8 Å². The Hall–Kier alpha value is -0.690. The number of thiazole rings is 1. The van der Waals surface area contributed by atoms with Crippen LogP contribution in [0.3, 0.4) is 0 Å². The highest BCUT2D eigenvalue weighted by molar-refractivity contribution is 7.11. The predicted octanol–water partition coefficient (Wildman–Crippen LogP) is 2.49. The van der Waals surface area contributed by atoms with Crippen molar-refractivity contribution in [3.05, 3.63) is 15.6 Å². The van der Waals surface area contributed by atoms with Crippen LogP contribution in [-0.4, -0.2) is 42.6 Å². The molecule has 0 aliphatic rings. The minimum atomic E-state index is -0.620. The summed E-state index contributed by atoms with van der Waals surface area (Å²) in [6, 6.07) is -0.652. The van der Waals surface area contributed by atoms with Gasteiger partial charge in [-0.05, 0) is 13.8 Å². The zero-order chi connectivity index (χ0) is 15.4. The first-order valence-corrected chi connectivity index (χ1v) is 7.59. The molecule has 21 heavy (non-hydrogen) atoms. The zero-order valence-electron chi connectivity index (χ0n) is 13.5. The smallest absolute Gasteiger partial charge is 0.242 e. The van der Waals surface area contributed by atoms with E-state index in [1.54, 1.807) is 30.4 Å². The lowest BCUT2D eigenvalue weighted by atomic mass is 10.2. The molecular formula is C14H26ClN3O2S. The molecule has 122 valence electrons. The molecule has 0 saturated heterocycles. The molecule has 5 nitrogen and oxygen atoms in total. The van der Waals surface area contributed by atoms with Gasteiger partial charge in [-0.15, -0.1) is 23.7 Å². The standard InChI is InChI=1S/C14H25N3O2S.ClH/c1-8(2)13-16-9(3)12(20-13)10(4)17(5)14(18)11(15)7-19-6;/h8,10-11H,7,15H2,1-6H3;1H. The number of methoxy groups -OCH3 is 1. The maximum absolute atomic E-state index is 12.2. The second-order valence-corrected chi connectivity index (χ2v) is 6.41. The minimum absolute atomic E-state index is 0. The molecule has 0 spiro atoms. The molecule has 0 bridgehead atoms. The number of aryl methyl sites for hydroxylation is 1. The van der Waals surface area contributed by atoms with Crippen molar-refractivity contribution in [1.29, 1.82) is 0 Å². The van der Waals surface area contributed by atoms with Crippen LogP contribution in [0.1, 0.15) is 48.3 Å². The van der Waals surface area contributed by atoms with E-state index in [1.165, 1.54) is 0 Å². The van der Waals surface area contributed by atoms with Crippen molar-refractivity contribution in [2.45, 2.75) is 45.7 Å². The molecule has 2 unspecified atom stereocenters. The summed E-state index contributed by atoms with van der Waals surface area (Å²) in [5.74, 6) is 0.287. The summed E-state index contributed by atoms with van der Waals surface area (Å²) in [5, 5.41) is 1.10. The third-order valence-electron chi connectivity index (χ3n) is 3.31. The zero-order valence-corrected chi connectivity index (χ0v) is 15.2. The van der Waals surface area contributed by atoms with E-state index < -0.39 is 6.04 Å². The third-order valence-corrected chi connectivity index (χ3v) is 4.94. The maximum atomic E-state index is 12.2. The molecule has 0 saturated carbocycles. The number of nitrogens with zero attached hydrogens (tertiary/aromatic N) is 2. The Balaban J connectivity index is 0.00000400. The number of nitrogens with two attached hydrogens (primary N) is 1. The van der Waals surface area contributed by atoms with Gasteiger partial charge in [0, 0.05) is 25.0 Å². The van der Waals surface area contributed by atoms with Crippen LogP contribution < -0.4 is 5.73 Å². The predicted molar refractivity (Wildman–Crippen MR) is 89.2 cm³/mol. The summed E-state index contributed by atoms with van der Waals surface area (Å²) < 4.78 is 4.94. The first kappa shape index (κ1) is 20.3. The van der Waals surface area contributed by atoms with Gasteiger partial charge in [-0.1, -0.05) is 13.8 Å². The molecule has 1 rings (SSSR count). The molecule has 1 heterocycles. The van der Waals surface area contributed by atoms with Crippen molar-refractivity contribution >= 4 is 29.7 Å². The number of hydrogen-bond acceptors (Lipinski definition) is 5. The molecule has 0 aliphatic heterocycles. The average Bonchev–Trinajstić information content (AvgIpc) is 2.78. The summed E-state index contributed by atoms with van der Waals surface area (Å²) in [7, 11) is 3.32. The second kappa shape index (κ2) is 8.68.